The molecule has 2 N–H and O–H groups in total. The highest BCUT2D eigenvalue weighted by Crippen LogP contribution is 2.32. The number of rotatable bonds is 2. The van der Waals surface area contributed by atoms with Crippen LogP contribution in [0.1, 0.15) is 40.9 Å². The Balaban J connectivity index is 2.46. The third-order valence-corrected chi connectivity index (χ3v) is 2.85. The second kappa shape index (κ2) is 4.22. The molecule has 1 aromatic carbocycles. The van der Waals surface area contributed by atoms with Gasteiger partial charge in [0.05, 0.1) is 12.2 Å². The normalized spacial score (nSPS) is 18.3. The molecule has 86 valence electrons. The van der Waals surface area contributed by atoms with E-state index in [0.717, 1.165) is 17.5 Å². The van der Waals surface area contributed by atoms with Crippen LogP contribution in [0, 0.1) is 5.82 Å². The van der Waals surface area contributed by atoms with Crippen molar-refractivity contribution < 1.29 is 13.9 Å². The first-order valence-corrected chi connectivity index (χ1v) is 5.38. The summed E-state index contributed by atoms with van der Waals surface area (Å²) in [6, 6.07) is 2.48. The predicted molar refractivity (Wildman–Crippen MR) is 57.6 cm³/mol. The van der Waals surface area contributed by atoms with Crippen molar-refractivity contribution >= 4 is 5.97 Å². The first kappa shape index (κ1) is 11.1. The number of nitrogens with two attached hydrogens (primary N) is 1. The van der Waals surface area contributed by atoms with E-state index in [9.17, 15) is 9.18 Å². The van der Waals surface area contributed by atoms with E-state index < -0.39 is 11.8 Å². The van der Waals surface area contributed by atoms with Crippen LogP contribution in [0.3, 0.4) is 0 Å². The summed E-state index contributed by atoms with van der Waals surface area (Å²) in [5.74, 6) is -0.897. The van der Waals surface area contributed by atoms with Gasteiger partial charge < -0.3 is 10.5 Å². The lowest BCUT2D eigenvalue weighted by atomic mass is 10.0. The lowest BCUT2D eigenvalue weighted by molar-refractivity contribution is 0.0524. The quantitative estimate of drug-likeness (QED) is 0.779. The predicted octanol–water partition coefficient (Wildman–Crippen LogP) is 1.95. The fraction of sp³-hybridized carbons (Fsp3) is 0.417. The van der Waals surface area contributed by atoms with Crippen molar-refractivity contribution in [1.29, 1.82) is 0 Å². The number of carbonyl (C=O) groups excluding carboxylic acids is 1. The molecule has 1 aromatic rings. The standard InChI is InChI=1S/C12H14FNO2/c1-2-16-12(15)10-6-7(13)5-9-8(10)3-4-11(9)14/h5-6,11H,2-4,14H2,1H3. The van der Waals surface area contributed by atoms with Crippen LogP contribution in [-0.4, -0.2) is 12.6 Å². The molecule has 1 atom stereocenters. The first-order chi connectivity index (χ1) is 7.63. The molecule has 0 saturated carbocycles. The van der Waals surface area contributed by atoms with Crippen molar-refractivity contribution in [2.24, 2.45) is 5.73 Å². The van der Waals surface area contributed by atoms with Crippen molar-refractivity contribution in [2.45, 2.75) is 25.8 Å². The number of ether oxygens (including phenoxy) is 1. The summed E-state index contributed by atoms with van der Waals surface area (Å²) < 4.78 is 18.2. The third kappa shape index (κ3) is 1.80. The van der Waals surface area contributed by atoms with Crippen LogP contribution in [0.2, 0.25) is 0 Å². The number of esters is 1. The van der Waals surface area contributed by atoms with Crippen molar-refractivity contribution in [3.63, 3.8) is 0 Å². The number of fused-ring (bicyclic) bond motifs is 1. The first-order valence-electron chi connectivity index (χ1n) is 5.38. The van der Waals surface area contributed by atoms with Gasteiger partial charge in [-0.3, -0.25) is 0 Å². The monoisotopic (exact) mass is 223 g/mol. The maximum Gasteiger partial charge on any atom is 0.338 e. The summed E-state index contributed by atoms with van der Waals surface area (Å²) in [4.78, 5) is 11.6. The Morgan fingerprint density at radius 3 is 3.06 bits per heavy atom. The molecule has 1 unspecified atom stereocenters. The number of benzene rings is 1. The van der Waals surface area contributed by atoms with Gasteiger partial charge in [-0.2, -0.15) is 0 Å². The third-order valence-electron chi connectivity index (χ3n) is 2.85. The van der Waals surface area contributed by atoms with Gasteiger partial charge in [0.1, 0.15) is 5.82 Å². The zero-order valence-corrected chi connectivity index (χ0v) is 9.13. The molecule has 4 heteroatoms. The van der Waals surface area contributed by atoms with E-state index in [2.05, 4.69) is 0 Å². The number of carbonyl (C=O) groups is 1. The molecule has 0 spiro atoms. The van der Waals surface area contributed by atoms with E-state index in [-0.39, 0.29) is 12.6 Å². The van der Waals surface area contributed by atoms with Crippen molar-refractivity contribution in [1.82, 2.24) is 0 Å². The highest BCUT2D eigenvalue weighted by Gasteiger charge is 2.26. The lowest BCUT2D eigenvalue weighted by Crippen LogP contribution is -2.10. The van der Waals surface area contributed by atoms with E-state index in [1.54, 1.807) is 6.92 Å². The van der Waals surface area contributed by atoms with Gasteiger partial charge in [-0.05, 0) is 43.0 Å². The number of halogens is 1. The number of hydrogen-bond donors (Lipinski definition) is 1. The molecule has 1 aliphatic carbocycles. The zero-order chi connectivity index (χ0) is 11.7. The van der Waals surface area contributed by atoms with E-state index in [1.165, 1.54) is 12.1 Å². The molecular weight excluding hydrogens is 209 g/mol. The topological polar surface area (TPSA) is 52.3 Å². The highest BCUT2D eigenvalue weighted by molar-refractivity contribution is 5.91. The fourth-order valence-electron chi connectivity index (χ4n) is 2.11. The maximum atomic E-state index is 13.3. The molecule has 1 aliphatic rings. The van der Waals surface area contributed by atoms with E-state index >= 15 is 0 Å². The summed E-state index contributed by atoms with van der Waals surface area (Å²) in [5, 5.41) is 0. The average molecular weight is 223 g/mol. The van der Waals surface area contributed by atoms with Gasteiger partial charge in [0, 0.05) is 6.04 Å². The Morgan fingerprint density at radius 1 is 1.62 bits per heavy atom. The Labute approximate surface area is 93.4 Å². The van der Waals surface area contributed by atoms with Gasteiger partial charge in [-0.1, -0.05) is 0 Å². The van der Waals surface area contributed by atoms with Crippen LogP contribution in [0.25, 0.3) is 0 Å². The molecule has 0 fully saturated rings. The molecule has 0 aromatic heterocycles. The van der Waals surface area contributed by atoms with E-state index in [1.807, 2.05) is 0 Å². The molecular formula is C12H14FNO2. The molecule has 2 rings (SSSR count). The van der Waals surface area contributed by atoms with Gasteiger partial charge >= 0.3 is 5.97 Å². The average Bonchev–Trinajstić information content (AvgIpc) is 2.60. The van der Waals surface area contributed by atoms with Gasteiger partial charge in [0.15, 0.2) is 0 Å². The SMILES string of the molecule is CCOC(=O)c1cc(F)cc2c1CCC2N. The van der Waals surface area contributed by atoms with Crippen LogP contribution in [0.5, 0.6) is 0 Å². The van der Waals surface area contributed by atoms with Gasteiger partial charge in [-0.15, -0.1) is 0 Å². The highest BCUT2D eigenvalue weighted by atomic mass is 19.1. The van der Waals surface area contributed by atoms with Crippen molar-refractivity contribution in [2.75, 3.05) is 6.61 Å². The second-order valence-corrected chi connectivity index (χ2v) is 3.89. The Hall–Kier alpha value is -1.42. The minimum absolute atomic E-state index is 0.168. The van der Waals surface area contributed by atoms with Gasteiger partial charge in [0.2, 0.25) is 0 Å². The molecule has 0 aliphatic heterocycles. The molecule has 0 heterocycles. The lowest BCUT2D eigenvalue weighted by Gasteiger charge is -2.09. The van der Waals surface area contributed by atoms with E-state index in [0.29, 0.717) is 12.0 Å². The molecule has 0 saturated heterocycles. The summed E-state index contributed by atoms with van der Waals surface area (Å²) in [6.45, 7) is 2.01. The smallest absolute Gasteiger partial charge is 0.338 e. The molecule has 3 nitrogen and oxygen atoms in total. The number of hydrogen-bond acceptors (Lipinski definition) is 3. The molecule has 0 radical (unpaired) electrons. The fourth-order valence-corrected chi connectivity index (χ4v) is 2.11. The summed E-state index contributed by atoms with van der Waals surface area (Å²) in [5.41, 5.74) is 7.74. The van der Waals surface area contributed by atoms with Gasteiger partial charge in [0.25, 0.3) is 0 Å². The summed E-state index contributed by atoms with van der Waals surface area (Å²) in [7, 11) is 0. The minimum atomic E-state index is -0.465. The van der Waals surface area contributed by atoms with Crippen LogP contribution in [-0.2, 0) is 11.2 Å². The van der Waals surface area contributed by atoms with Crippen molar-refractivity contribution in [3.05, 3.63) is 34.6 Å². The Bertz CT molecular complexity index is 431. The van der Waals surface area contributed by atoms with Crippen molar-refractivity contribution in [3.8, 4) is 0 Å². The van der Waals surface area contributed by atoms with Crippen LogP contribution in [0.4, 0.5) is 4.39 Å². The van der Waals surface area contributed by atoms with Gasteiger partial charge in [-0.25, -0.2) is 9.18 Å². The molecule has 0 bridgehead atoms. The Morgan fingerprint density at radius 2 is 2.38 bits per heavy atom. The zero-order valence-electron chi connectivity index (χ0n) is 9.13. The van der Waals surface area contributed by atoms with Crippen LogP contribution >= 0.6 is 0 Å². The maximum absolute atomic E-state index is 13.3. The summed E-state index contributed by atoms with van der Waals surface area (Å²) >= 11 is 0. The Kier molecular flexibility index (Phi) is 2.92. The van der Waals surface area contributed by atoms with E-state index in [4.69, 9.17) is 10.5 Å². The minimum Gasteiger partial charge on any atom is -0.462 e. The molecule has 16 heavy (non-hydrogen) atoms. The molecule has 0 amide bonds. The van der Waals surface area contributed by atoms with Crippen LogP contribution < -0.4 is 5.73 Å². The van der Waals surface area contributed by atoms with Crippen LogP contribution in [0.15, 0.2) is 12.1 Å². The summed E-state index contributed by atoms with van der Waals surface area (Å²) in [6.07, 6.45) is 1.47. The largest absolute Gasteiger partial charge is 0.462 e. The second-order valence-electron chi connectivity index (χ2n) is 3.89.